The number of hydrogen-bond donors (Lipinski definition) is 0. The molecule has 2 aromatic carbocycles. The molecule has 2 amide bonds. The highest BCUT2D eigenvalue weighted by Crippen LogP contribution is 2.45. The minimum absolute atomic E-state index is 0.182. The van der Waals surface area contributed by atoms with Crippen molar-refractivity contribution in [3.05, 3.63) is 70.6 Å². The number of methoxy groups -OCH3 is 1. The summed E-state index contributed by atoms with van der Waals surface area (Å²) in [7, 11) is 1.37. The molecule has 4 rings (SSSR count). The maximum atomic E-state index is 13.5. The van der Waals surface area contributed by atoms with Gasteiger partial charge in [0.05, 0.1) is 29.8 Å². The molecule has 2 heterocycles. The third-order valence-corrected chi connectivity index (χ3v) is 7.12. The Morgan fingerprint density at radius 3 is 2.42 bits per heavy atom. The van der Waals surface area contributed by atoms with Crippen LogP contribution in [0.4, 0.5) is 5.69 Å². The number of anilines is 1. The lowest BCUT2D eigenvalue weighted by molar-refractivity contribution is -0.140. The second kappa shape index (κ2) is 10.3. The van der Waals surface area contributed by atoms with Crippen LogP contribution in [0, 0.1) is 0 Å². The number of amides is 2. The van der Waals surface area contributed by atoms with Gasteiger partial charge in [-0.25, -0.2) is 0 Å². The number of nitrogens with zero attached hydrogens (tertiary/aromatic N) is 2. The molecule has 6 nitrogen and oxygen atoms in total. The fraction of sp³-hybridized carbons (Fsp3) is 0.280. The predicted molar refractivity (Wildman–Crippen MR) is 133 cm³/mol. The van der Waals surface area contributed by atoms with E-state index >= 15 is 0 Å². The Labute approximate surface area is 202 Å². The van der Waals surface area contributed by atoms with Crippen molar-refractivity contribution in [3.63, 3.8) is 0 Å². The second-order valence-electron chi connectivity index (χ2n) is 7.81. The predicted octanol–water partition coefficient (Wildman–Crippen LogP) is 4.54. The summed E-state index contributed by atoms with van der Waals surface area (Å²) in [5.41, 5.74) is 3.00. The minimum Gasteiger partial charge on any atom is -0.469 e. The Morgan fingerprint density at radius 1 is 0.939 bits per heavy atom. The van der Waals surface area contributed by atoms with E-state index in [1.807, 2.05) is 54.6 Å². The van der Waals surface area contributed by atoms with Gasteiger partial charge in [-0.1, -0.05) is 78.9 Å². The van der Waals surface area contributed by atoms with Gasteiger partial charge in [-0.3, -0.25) is 19.3 Å². The summed E-state index contributed by atoms with van der Waals surface area (Å²) in [5, 5.41) is 0. The smallest absolute Gasteiger partial charge is 0.305 e. The van der Waals surface area contributed by atoms with E-state index in [9.17, 15) is 14.4 Å². The van der Waals surface area contributed by atoms with E-state index in [0.717, 1.165) is 29.7 Å². The first-order valence-electron chi connectivity index (χ1n) is 10.8. The van der Waals surface area contributed by atoms with Gasteiger partial charge in [0.1, 0.15) is 4.32 Å². The second-order valence-corrected chi connectivity index (χ2v) is 9.45. The van der Waals surface area contributed by atoms with Crippen LogP contribution < -0.4 is 4.90 Å². The summed E-state index contributed by atoms with van der Waals surface area (Å²) in [4.78, 5) is 41.7. The molecule has 0 saturated carbocycles. The van der Waals surface area contributed by atoms with Gasteiger partial charge in [-0.05, 0) is 24.5 Å². The van der Waals surface area contributed by atoms with Gasteiger partial charge in [0.15, 0.2) is 0 Å². The molecule has 0 spiro atoms. The highest BCUT2D eigenvalue weighted by atomic mass is 32.2. The fourth-order valence-electron chi connectivity index (χ4n) is 3.98. The number of fused-ring (bicyclic) bond motifs is 1. The maximum Gasteiger partial charge on any atom is 0.305 e. The zero-order valence-corrected chi connectivity index (χ0v) is 19.9. The fourth-order valence-corrected chi connectivity index (χ4v) is 5.36. The van der Waals surface area contributed by atoms with E-state index in [1.165, 1.54) is 18.9 Å². The molecule has 0 bridgehead atoms. The molecule has 1 fully saturated rings. The standard InChI is InChI=1S/C25H24N2O4S2/c1-31-20(28)14-6-3-9-15-26-24(30)22(33-25(26)32)21-18-12-7-8-13-19(18)27(23(21)29)16-17-10-4-2-5-11-17/h2,4-5,7-8,10-13H,3,6,9,14-16H2,1H3/b22-21-. The Morgan fingerprint density at radius 2 is 1.67 bits per heavy atom. The highest BCUT2D eigenvalue weighted by Gasteiger charge is 2.41. The molecule has 0 radical (unpaired) electrons. The summed E-state index contributed by atoms with van der Waals surface area (Å²) in [6.07, 6.45) is 2.56. The van der Waals surface area contributed by atoms with Crippen molar-refractivity contribution in [1.29, 1.82) is 0 Å². The van der Waals surface area contributed by atoms with Gasteiger partial charge in [0, 0.05) is 18.5 Å². The lowest BCUT2D eigenvalue weighted by atomic mass is 10.1. The molecule has 0 unspecified atom stereocenters. The normalized spacial score (nSPS) is 17.7. The first-order valence-corrected chi connectivity index (χ1v) is 12.0. The number of carbonyl (C=O) groups excluding carboxylic acids is 3. The molecule has 0 N–H and O–H groups in total. The Balaban J connectivity index is 1.53. The number of hydrogen-bond acceptors (Lipinski definition) is 6. The largest absolute Gasteiger partial charge is 0.469 e. The summed E-state index contributed by atoms with van der Waals surface area (Å²) >= 11 is 6.67. The monoisotopic (exact) mass is 480 g/mol. The summed E-state index contributed by atoms with van der Waals surface area (Å²) in [6.45, 7) is 0.896. The molecular weight excluding hydrogens is 456 g/mol. The van der Waals surface area contributed by atoms with E-state index in [-0.39, 0.29) is 17.8 Å². The topological polar surface area (TPSA) is 66.9 Å². The number of benzene rings is 2. The van der Waals surface area contributed by atoms with Gasteiger partial charge in [-0.2, -0.15) is 0 Å². The maximum absolute atomic E-state index is 13.5. The van der Waals surface area contributed by atoms with Gasteiger partial charge in [-0.15, -0.1) is 0 Å². The SMILES string of the molecule is COC(=O)CCCCCN1C(=O)/C(=C2/C(=O)N(Cc3ccccc3)c3ccccc32)SC1=S. The van der Waals surface area contributed by atoms with Crippen molar-refractivity contribution in [2.45, 2.75) is 32.2 Å². The van der Waals surface area contributed by atoms with Crippen LogP contribution in [0.3, 0.4) is 0 Å². The lowest BCUT2D eigenvalue weighted by Gasteiger charge is -2.17. The van der Waals surface area contributed by atoms with E-state index in [0.29, 0.717) is 40.7 Å². The van der Waals surface area contributed by atoms with Crippen LogP contribution in [0.25, 0.3) is 5.57 Å². The molecule has 1 saturated heterocycles. The van der Waals surface area contributed by atoms with Crippen LogP contribution >= 0.6 is 24.0 Å². The van der Waals surface area contributed by atoms with Crippen molar-refractivity contribution in [1.82, 2.24) is 4.90 Å². The van der Waals surface area contributed by atoms with Gasteiger partial charge in [0.25, 0.3) is 11.8 Å². The quantitative estimate of drug-likeness (QED) is 0.239. The minimum atomic E-state index is -0.233. The number of unbranched alkanes of at least 4 members (excludes halogenated alkanes) is 2. The molecule has 0 aliphatic carbocycles. The van der Waals surface area contributed by atoms with Crippen LogP contribution in [0.2, 0.25) is 0 Å². The average Bonchev–Trinajstić information content (AvgIpc) is 3.26. The van der Waals surface area contributed by atoms with E-state index < -0.39 is 0 Å². The average molecular weight is 481 g/mol. The van der Waals surface area contributed by atoms with Crippen molar-refractivity contribution in [2.24, 2.45) is 0 Å². The molecular formula is C25H24N2O4S2. The number of para-hydroxylation sites is 1. The molecule has 0 aromatic heterocycles. The van der Waals surface area contributed by atoms with E-state index in [4.69, 9.17) is 12.2 Å². The number of rotatable bonds is 8. The summed E-state index contributed by atoms with van der Waals surface area (Å²) in [5.74, 6) is -0.639. The van der Waals surface area contributed by atoms with Crippen molar-refractivity contribution < 1.29 is 19.1 Å². The van der Waals surface area contributed by atoms with E-state index in [1.54, 1.807) is 9.80 Å². The van der Waals surface area contributed by atoms with Crippen LogP contribution in [0.5, 0.6) is 0 Å². The third kappa shape index (κ3) is 4.86. The number of esters is 1. The first-order chi connectivity index (χ1) is 16.0. The Bertz CT molecular complexity index is 1130. The first kappa shape index (κ1) is 23.2. The van der Waals surface area contributed by atoms with Crippen LogP contribution in [0.15, 0.2) is 59.5 Å². The zero-order chi connectivity index (χ0) is 23.4. The van der Waals surface area contributed by atoms with Crippen molar-refractivity contribution >= 4 is 57.3 Å². The number of carbonyl (C=O) groups is 3. The Hall–Kier alpha value is -2.97. The van der Waals surface area contributed by atoms with Crippen LogP contribution in [0.1, 0.15) is 36.8 Å². The zero-order valence-electron chi connectivity index (χ0n) is 18.3. The molecule has 2 aliphatic heterocycles. The van der Waals surface area contributed by atoms with Gasteiger partial charge in [0.2, 0.25) is 0 Å². The lowest BCUT2D eigenvalue weighted by Crippen LogP contribution is -2.30. The summed E-state index contributed by atoms with van der Waals surface area (Å²) < 4.78 is 5.11. The van der Waals surface area contributed by atoms with Gasteiger partial charge < -0.3 is 9.64 Å². The van der Waals surface area contributed by atoms with Crippen molar-refractivity contribution in [2.75, 3.05) is 18.6 Å². The van der Waals surface area contributed by atoms with Crippen LogP contribution in [-0.4, -0.2) is 40.7 Å². The molecule has 2 aliphatic rings. The van der Waals surface area contributed by atoms with Crippen LogP contribution in [-0.2, 0) is 25.7 Å². The molecule has 33 heavy (non-hydrogen) atoms. The van der Waals surface area contributed by atoms with E-state index in [2.05, 4.69) is 4.74 Å². The summed E-state index contributed by atoms with van der Waals surface area (Å²) in [6, 6.07) is 17.3. The van der Waals surface area contributed by atoms with Crippen molar-refractivity contribution in [3.8, 4) is 0 Å². The Kier molecular flexibility index (Phi) is 7.25. The molecule has 2 aromatic rings. The number of thioether (sulfide) groups is 1. The number of ether oxygens (including phenoxy) is 1. The molecule has 8 heteroatoms. The molecule has 0 atom stereocenters. The number of thiocarbonyl (C=S) groups is 1. The van der Waals surface area contributed by atoms with Gasteiger partial charge >= 0.3 is 5.97 Å². The third-order valence-electron chi connectivity index (χ3n) is 5.67. The highest BCUT2D eigenvalue weighted by molar-refractivity contribution is 8.26. The molecule has 170 valence electrons.